The fraction of sp³-hybridized carbons (Fsp3) is 0.350. The lowest BCUT2D eigenvalue weighted by molar-refractivity contribution is 0.0559. The van der Waals surface area contributed by atoms with E-state index in [-0.39, 0.29) is 11.9 Å². The molecular formula is C20H22N4O2. The highest BCUT2D eigenvalue weighted by molar-refractivity contribution is 6.07. The number of aryl methyl sites for hydroxylation is 1. The summed E-state index contributed by atoms with van der Waals surface area (Å²) in [5, 5.41) is 10.1. The summed E-state index contributed by atoms with van der Waals surface area (Å²) in [5.74, 6) is 1.32. The van der Waals surface area contributed by atoms with Gasteiger partial charge in [-0.15, -0.1) is 10.2 Å². The third kappa shape index (κ3) is 3.08. The third-order valence-electron chi connectivity index (χ3n) is 5.07. The van der Waals surface area contributed by atoms with E-state index in [0.717, 1.165) is 29.4 Å². The van der Waals surface area contributed by atoms with Crippen molar-refractivity contribution in [3.05, 3.63) is 59.8 Å². The van der Waals surface area contributed by atoms with Gasteiger partial charge in [-0.2, -0.15) is 0 Å². The van der Waals surface area contributed by atoms with Gasteiger partial charge in [0.25, 0.3) is 5.91 Å². The van der Waals surface area contributed by atoms with Crippen molar-refractivity contribution in [2.75, 3.05) is 26.2 Å². The van der Waals surface area contributed by atoms with Gasteiger partial charge in [-0.3, -0.25) is 9.69 Å². The fourth-order valence-electron chi connectivity index (χ4n) is 3.53. The molecule has 0 N–H and O–H groups in total. The summed E-state index contributed by atoms with van der Waals surface area (Å²) < 4.78 is 5.55. The normalized spacial score (nSPS) is 16.8. The first-order valence-corrected chi connectivity index (χ1v) is 8.94. The zero-order chi connectivity index (χ0) is 18.1. The number of aromatic nitrogens is 2. The van der Waals surface area contributed by atoms with Gasteiger partial charge in [-0.1, -0.05) is 36.4 Å². The monoisotopic (exact) mass is 350 g/mol. The van der Waals surface area contributed by atoms with Gasteiger partial charge in [0.15, 0.2) is 0 Å². The summed E-state index contributed by atoms with van der Waals surface area (Å²) in [6.07, 6.45) is 0. The van der Waals surface area contributed by atoms with Crippen LogP contribution < -0.4 is 0 Å². The first kappa shape index (κ1) is 16.7. The van der Waals surface area contributed by atoms with Crippen LogP contribution in [0.1, 0.15) is 35.1 Å². The Labute approximate surface area is 152 Å². The van der Waals surface area contributed by atoms with Gasteiger partial charge in [0, 0.05) is 38.7 Å². The molecule has 0 bridgehead atoms. The van der Waals surface area contributed by atoms with E-state index in [9.17, 15) is 4.79 Å². The van der Waals surface area contributed by atoms with Crippen molar-refractivity contribution in [1.82, 2.24) is 20.0 Å². The van der Waals surface area contributed by atoms with Crippen molar-refractivity contribution in [3.63, 3.8) is 0 Å². The second-order valence-electron chi connectivity index (χ2n) is 6.69. The van der Waals surface area contributed by atoms with Gasteiger partial charge >= 0.3 is 0 Å². The Kier molecular flexibility index (Phi) is 4.42. The molecule has 2 heterocycles. The number of nitrogens with zero attached hydrogens (tertiary/aromatic N) is 4. The molecule has 0 unspecified atom stereocenters. The van der Waals surface area contributed by atoms with Gasteiger partial charge in [0.1, 0.15) is 0 Å². The standard InChI is InChI=1S/C20H22N4O2/c1-14(19-22-21-15(2)26-19)23-10-12-24(13-11-23)20(25)18-9-5-7-16-6-3-4-8-17(16)18/h3-9,14H,10-13H2,1-2H3/t14-/m1/s1. The van der Waals surface area contributed by atoms with E-state index in [4.69, 9.17) is 4.42 Å². The van der Waals surface area contributed by atoms with E-state index in [1.807, 2.05) is 47.4 Å². The van der Waals surface area contributed by atoms with Crippen LogP contribution in [0.15, 0.2) is 46.9 Å². The maximum Gasteiger partial charge on any atom is 0.254 e. The van der Waals surface area contributed by atoms with Crippen molar-refractivity contribution in [1.29, 1.82) is 0 Å². The second-order valence-corrected chi connectivity index (χ2v) is 6.69. The Morgan fingerprint density at radius 1 is 1.04 bits per heavy atom. The molecule has 3 aromatic rings. The zero-order valence-electron chi connectivity index (χ0n) is 15.1. The Morgan fingerprint density at radius 2 is 1.77 bits per heavy atom. The van der Waals surface area contributed by atoms with E-state index < -0.39 is 0 Å². The average Bonchev–Trinajstić information content (AvgIpc) is 3.13. The van der Waals surface area contributed by atoms with Crippen molar-refractivity contribution in [2.24, 2.45) is 0 Å². The van der Waals surface area contributed by atoms with E-state index in [0.29, 0.717) is 24.9 Å². The van der Waals surface area contributed by atoms with Crippen LogP contribution in [-0.4, -0.2) is 52.1 Å². The summed E-state index contributed by atoms with van der Waals surface area (Å²) in [4.78, 5) is 17.2. The number of carbonyl (C=O) groups excluding carboxylic acids is 1. The Balaban J connectivity index is 1.46. The van der Waals surface area contributed by atoms with Crippen molar-refractivity contribution in [3.8, 4) is 0 Å². The molecule has 6 heteroatoms. The predicted molar refractivity (Wildman–Crippen MR) is 98.9 cm³/mol. The van der Waals surface area contributed by atoms with Gasteiger partial charge in [-0.05, 0) is 23.8 Å². The molecule has 2 aromatic carbocycles. The molecule has 4 rings (SSSR count). The molecule has 1 aliphatic rings. The Morgan fingerprint density at radius 3 is 2.50 bits per heavy atom. The van der Waals surface area contributed by atoms with Crippen molar-refractivity contribution in [2.45, 2.75) is 19.9 Å². The van der Waals surface area contributed by atoms with Crippen LogP contribution in [0.2, 0.25) is 0 Å². The van der Waals surface area contributed by atoms with Crippen LogP contribution in [-0.2, 0) is 0 Å². The van der Waals surface area contributed by atoms with Crippen LogP contribution in [0, 0.1) is 6.92 Å². The summed E-state index contributed by atoms with van der Waals surface area (Å²) in [6, 6.07) is 14.0. The molecule has 1 aromatic heterocycles. The van der Waals surface area contributed by atoms with Gasteiger partial charge in [0.05, 0.1) is 6.04 Å². The lowest BCUT2D eigenvalue weighted by Gasteiger charge is -2.37. The van der Waals surface area contributed by atoms with E-state index >= 15 is 0 Å². The Hall–Kier alpha value is -2.73. The number of amides is 1. The molecule has 1 saturated heterocycles. The minimum Gasteiger partial charge on any atom is -0.424 e. The summed E-state index contributed by atoms with van der Waals surface area (Å²) in [5.41, 5.74) is 0.775. The highest BCUT2D eigenvalue weighted by atomic mass is 16.4. The van der Waals surface area contributed by atoms with Crippen molar-refractivity contribution >= 4 is 16.7 Å². The number of carbonyl (C=O) groups is 1. The average molecular weight is 350 g/mol. The van der Waals surface area contributed by atoms with Crippen LogP contribution in [0.3, 0.4) is 0 Å². The molecule has 26 heavy (non-hydrogen) atoms. The second kappa shape index (κ2) is 6.88. The number of benzene rings is 2. The lowest BCUT2D eigenvalue weighted by atomic mass is 10.0. The molecule has 0 aliphatic carbocycles. The molecule has 0 radical (unpaired) electrons. The van der Waals surface area contributed by atoms with Gasteiger partial charge in [0.2, 0.25) is 11.8 Å². The number of rotatable bonds is 3. The van der Waals surface area contributed by atoms with Crippen LogP contribution in [0.25, 0.3) is 10.8 Å². The molecule has 6 nitrogen and oxygen atoms in total. The van der Waals surface area contributed by atoms with Crippen LogP contribution in [0.4, 0.5) is 0 Å². The molecule has 0 saturated carbocycles. The minimum atomic E-state index is 0.0611. The molecular weight excluding hydrogens is 328 g/mol. The number of piperazine rings is 1. The van der Waals surface area contributed by atoms with E-state index in [1.165, 1.54) is 0 Å². The van der Waals surface area contributed by atoms with Gasteiger partial charge < -0.3 is 9.32 Å². The predicted octanol–water partition coefficient (Wildman–Crippen LogP) is 3.05. The highest BCUT2D eigenvalue weighted by Gasteiger charge is 2.28. The highest BCUT2D eigenvalue weighted by Crippen LogP contribution is 2.23. The first-order valence-electron chi connectivity index (χ1n) is 8.94. The molecule has 134 valence electrons. The van der Waals surface area contributed by atoms with E-state index in [2.05, 4.69) is 22.0 Å². The molecule has 0 spiro atoms. The molecule has 1 aliphatic heterocycles. The van der Waals surface area contributed by atoms with Gasteiger partial charge in [-0.25, -0.2) is 0 Å². The fourth-order valence-corrected chi connectivity index (χ4v) is 3.53. The van der Waals surface area contributed by atoms with Crippen LogP contribution >= 0.6 is 0 Å². The molecule has 1 amide bonds. The maximum atomic E-state index is 13.0. The smallest absolute Gasteiger partial charge is 0.254 e. The largest absolute Gasteiger partial charge is 0.424 e. The topological polar surface area (TPSA) is 62.5 Å². The zero-order valence-corrected chi connectivity index (χ0v) is 15.1. The third-order valence-corrected chi connectivity index (χ3v) is 5.07. The molecule has 1 atom stereocenters. The van der Waals surface area contributed by atoms with Crippen molar-refractivity contribution < 1.29 is 9.21 Å². The maximum absolute atomic E-state index is 13.0. The SMILES string of the molecule is Cc1nnc([C@@H](C)N2CCN(C(=O)c3cccc4ccccc34)CC2)o1. The van der Waals surface area contributed by atoms with E-state index in [1.54, 1.807) is 6.92 Å². The first-order chi connectivity index (χ1) is 12.6. The quantitative estimate of drug-likeness (QED) is 0.726. The number of hydrogen-bond donors (Lipinski definition) is 0. The summed E-state index contributed by atoms with van der Waals surface area (Å²) in [7, 11) is 0. The Bertz CT molecular complexity index is 923. The number of fused-ring (bicyclic) bond motifs is 1. The summed E-state index contributed by atoms with van der Waals surface area (Å²) in [6.45, 7) is 6.83. The van der Waals surface area contributed by atoms with Crippen LogP contribution in [0.5, 0.6) is 0 Å². The number of hydrogen-bond acceptors (Lipinski definition) is 5. The molecule has 1 fully saturated rings. The minimum absolute atomic E-state index is 0.0611. The lowest BCUT2D eigenvalue weighted by Crippen LogP contribution is -2.49. The summed E-state index contributed by atoms with van der Waals surface area (Å²) >= 11 is 0.